The molecule has 0 saturated heterocycles. The molecule has 0 saturated carbocycles. The van der Waals surface area contributed by atoms with Crippen molar-refractivity contribution in [3.8, 4) is 44.5 Å². The van der Waals surface area contributed by atoms with Crippen LogP contribution < -0.4 is 0 Å². The van der Waals surface area contributed by atoms with E-state index >= 15 is 0 Å². The molecule has 0 aliphatic rings. The van der Waals surface area contributed by atoms with Gasteiger partial charge in [-0.25, -0.2) is 0 Å². The maximum atomic E-state index is 2.28. The Bertz CT molecular complexity index is 1230. The van der Waals surface area contributed by atoms with E-state index < -0.39 is 0 Å². The summed E-state index contributed by atoms with van der Waals surface area (Å²) in [6.07, 6.45) is 0. The number of hydrogen-bond donors (Lipinski definition) is 0. The Labute approximate surface area is 259 Å². The van der Waals surface area contributed by atoms with Gasteiger partial charge in [0, 0.05) is 0 Å². The molecular formula is C42H56. The summed E-state index contributed by atoms with van der Waals surface area (Å²) in [7, 11) is 0. The standard InChI is InChI=1S/C32H26.5C2H6/c1-23-9-13-25(14-10-23)29-5-3-7-31(21-29)27-17-19-28(20-18-27)32-8-4-6-30(22-32)26-15-11-24(2)12-16-26;5*1-2/h3-22H,1-2H3;5*1-2H3. The Morgan fingerprint density at radius 2 is 0.429 bits per heavy atom. The van der Waals surface area contributed by atoms with Crippen molar-refractivity contribution in [2.45, 2.75) is 83.1 Å². The van der Waals surface area contributed by atoms with E-state index in [1.54, 1.807) is 0 Å². The SMILES string of the molecule is CC.CC.CC.CC.CC.Cc1ccc(-c2cccc(-c3ccc(-c4cccc(-c5ccc(C)cc5)c4)cc3)c2)cc1. The highest BCUT2D eigenvalue weighted by Crippen LogP contribution is 2.30. The monoisotopic (exact) mass is 560 g/mol. The zero-order chi connectivity index (χ0) is 31.9. The second-order valence-corrected chi connectivity index (χ2v) is 8.47. The lowest BCUT2D eigenvalue weighted by Crippen LogP contribution is -1.84. The topological polar surface area (TPSA) is 0 Å². The summed E-state index contributed by atoms with van der Waals surface area (Å²) in [5.41, 5.74) is 12.5. The van der Waals surface area contributed by atoms with Crippen molar-refractivity contribution >= 4 is 0 Å². The molecule has 5 aromatic rings. The van der Waals surface area contributed by atoms with Crippen LogP contribution in [0.25, 0.3) is 44.5 Å². The van der Waals surface area contributed by atoms with Gasteiger partial charge in [-0.05, 0) is 70.5 Å². The molecule has 0 atom stereocenters. The summed E-state index contributed by atoms with van der Waals surface area (Å²) in [5, 5.41) is 0. The van der Waals surface area contributed by atoms with E-state index in [1.165, 1.54) is 55.6 Å². The second kappa shape index (κ2) is 22.8. The third-order valence-electron chi connectivity index (χ3n) is 6.05. The van der Waals surface area contributed by atoms with Crippen LogP contribution in [0.5, 0.6) is 0 Å². The molecule has 0 fully saturated rings. The van der Waals surface area contributed by atoms with Crippen molar-refractivity contribution in [2.24, 2.45) is 0 Å². The van der Waals surface area contributed by atoms with Gasteiger partial charge in [-0.15, -0.1) is 0 Å². The predicted octanol–water partition coefficient (Wildman–Crippen LogP) is 14.1. The average Bonchev–Trinajstić information content (AvgIpc) is 3.10. The summed E-state index contributed by atoms with van der Waals surface area (Å²) < 4.78 is 0. The van der Waals surface area contributed by atoms with Crippen molar-refractivity contribution in [1.82, 2.24) is 0 Å². The zero-order valence-electron chi connectivity index (χ0n) is 28.5. The maximum absolute atomic E-state index is 2.28. The quantitative estimate of drug-likeness (QED) is 0.205. The third-order valence-corrected chi connectivity index (χ3v) is 6.05. The maximum Gasteiger partial charge on any atom is -0.0178 e. The molecule has 0 unspecified atom stereocenters. The first kappa shape index (κ1) is 38.1. The van der Waals surface area contributed by atoms with Crippen molar-refractivity contribution < 1.29 is 0 Å². The van der Waals surface area contributed by atoms with Gasteiger partial charge < -0.3 is 0 Å². The molecule has 0 radical (unpaired) electrons. The number of rotatable bonds is 4. The Kier molecular flexibility index (Phi) is 20.6. The molecule has 42 heavy (non-hydrogen) atoms. The lowest BCUT2D eigenvalue weighted by molar-refractivity contribution is 1.47. The molecule has 0 amide bonds. The molecule has 5 aromatic carbocycles. The van der Waals surface area contributed by atoms with Gasteiger partial charge in [-0.2, -0.15) is 0 Å². The van der Waals surface area contributed by atoms with E-state index in [9.17, 15) is 0 Å². The lowest BCUT2D eigenvalue weighted by Gasteiger charge is -2.09. The van der Waals surface area contributed by atoms with E-state index in [1.807, 2.05) is 69.2 Å². The first-order chi connectivity index (χ1) is 20.7. The zero-order valence-corrected chi connectivity index (χ0v) is 28.5. The van der Waals surface area contributed by atoms with Crippen molar-refractivity contribution in [3.05, 3.63) is 132 Å². The number of aryl methyl sites for hydroxylation is 2. The minimum absolute atomic E-state index is 1.23. The van der Waals surface area contributed by atoms with Crippen LogP contribution in [0, 0.1) is 13.8 Å². The molecule has 0 heterocycles. The fraction of sp³-hybridized carbons (Fsp3) is 0.286. The van der Waals surface area contributed by atoms with E-state index in [2.05, 4.69) is 135 Å². The summed E-state index contributed by atoms with van der Waals surface area (Å²) >= 11 is 0. The first-order valence-electron chi connectivity index (χ1n) is 16.1. The van der Waals surface area contributed by atoms with E-state index in [0.717, 1.165) is 0 Å². The van der Waals surface area contributed by atoms with Gasteiger partial charge in [0.15, 0.2) is 0 Å². The van der Waals surface area contributed by atoms with Crippen molar-refractivity contribution in [2.75, 3.05) is 0 Å². The van der Waals surface area contributed by atoms with E-state index in [0.29, 0.717) is 0 Å². The van der Waals surface area contributed by atoms with Crippen LogP contribution in [-0.2, 0) is 0 Å². The summed E-state index contributed by atoms with van der Waals surface area (Å²) in [5.74, 6) is 0. The highest BCUT2D eigenvalue weighted by molar-refractivity contribution is 5.77. The van der Waals surface area contributed by atoms with Gasteiger partial charge in [-0.3, -0.25) is 0 Å². The molecule has 0 aliphatic heterocycles. The first-order valence-corrected chi connectivity index (χ1v) is 16.1. The van der Waals surface area contributed by atoms with Crippen LogP contribution in [0.2, 0.25) is 0 Å². The predicted molar refractivity (Wildman–Crippen MR) is 194 cm³/mol. The van der Waals surface area contributed by atoms with Crippen LogP contribution in [-0.4, -0.2) is 0 Å². The van der Waals surface area contributed by atoms with Crippen molar-refractivity contribution in [1.29, 1.82) is 0 Å². The molecular weight excluding hydrogens is 504 g/mol. The van der Waals surface area contributed by atoms with Gasteiger partial charge in [-0.1, -0.05) is 190 Å². The van der Waals surface area contributed by atoms with Gasteiger partial charge >= 0.3 is 0 Å². The molecule has 224 valence electrons. The van der Waals surface area contributed by atoms with Gasteiger partial charge in [0.05, 0.1) is 0 Å². The Morgan fingerprint density at radius 1 is 0.238 bits per heavy atom. The van der Waals surface area contributed by atoms with E-state index in [4.69, 9.17) is 0 Å². The highest BCUT2D eigenvalue weighted by Gasteiger charge is 2.05. The van der Waals surface area contributed by atoms with Crippen LogP contribution in [0.1, 0.15) is 80.4 Å². The van der Waals surface area contributed by atoms with Gasteiger partial charge in [0.1, 0.15) is 0 Å². The highest BCUT2D eigenvalue weighted by atomic mass is 14.1. The number of benzene rings is 5. The summed E-state index contributed by atoms with van der Waals surface area (Å²) in [6, 6.07) is 43.9. The summed E-state index contributed by atoms with van der Waals surface area (Å²) in [4.78, 5) is 0. The Morgan fingerprint density at radius 3 is 0.643 bits per heavy atom. The normalized spacial score (nSPS) is 8.95. The van der Waals surface area contributed by atoms with Crippen molar-refractivity contribution in [3.63, 3.8) is 0 Å². The number of hydrogen-bond acceptors (Lipinski definition) is 0. The molecule has 0 aromatic heterocycles. The van der Waals surface area contributed by atoms with Crippen LogP contribution in [0.15, 0.2) is 121 Å². The fourth-order valence-corrected chi connectivity index (χ4v) is 4.10. The van der Waals surface area contributed by atoms with Crippen LogP contribution in [0.4, 0.5) is 0 Å². The van der Waals surface area contributed by atoms with Gasteiger partial charge in [0.25, 0.3) is 0 Å². The largest absolute Gasteiger partial charge is 0.0683 e. The van der Waals surface area contributed by atoms with Crippen LogP contribution >= 0.6 is 0 Å². The lowest BCUT2D eigenvalue weighted by atomic mass is 9.95. The Hall–Kier alpha value is -3.90. The van der Waals surface area contributed by atoms with E-state index in [-0.39, 0.29) is 0 Å². The molecule has 0 spiro atoms. The average molecular weight is 561 g/mol. The molecule has 0 bridgehead atoms. The minimum atomic E-state index is 1.23. The molecule has 0 nitrogen and oxygen atoms in total. The molecule has 0 heteroatoms. The fourth-order valence-electron chi connectivity index (χ4n) is 4.10. The molecule has 0 aliphatic carbocycles. The minimum Gasteiger partial charge on any atom is -0.0683 e. The second-order valence-electron chi connectivity index (χ2n) is 8.47. The molecule has 5 rings (SSSR count). The summed E-state index contributed by atoms with van der Waals surface area (Å²) in [6.45, 7) is 24.2. The Balaban J connectivity index is 0.00000153. The van der Waals surface area contributed by atoms with Crippen LogP contribution in [0.3, 0.4) is 0 Å². The third kappa shape index (κ3) is 11.5. The molecule has 0 N–H and O–H groups in total. The van der Waals surface area contributed by atoms with Gasteiger partial charge in [0.2, 0.25) is 0 Å². The smallest absolute Gasteiger partial charge is 0.0178 e.